The van der Waals surface area contributed by atoms with Gasteiger partial charge >= 0.3 is 0 Å². The number of nitro groups is 2. The second kappa shape index (κ2) is 19.4. The van der Waals surface area contributed by atoms with Crippen molar-refractivity contribution in [1.82, 2.24) is 0 Å². The fourth-order valence-corrected chi connectivity index (χ4v) is 11.1. The molecule has 13 heteroatoms. The third-order valence-corrected chi connectivity index (χ3v) is 15.2. The van der Waals surface area contributed by atoms with Crippen LogP contribution in [0.5, 0.6) is 0 Å². The number of rotatable bonds is 7. The standard InChI is InChI=1S/C17H17NO2S2Si.C12H16SSi.C6H4ClNO2S.CH4/c1-23(2,3)17-16(14-6-4-5-7-15(14)22-17)21-13-10-8-12(9-11-13)18(19)20;1-13-12-8-6-5-7-11(12)9-10-14(2,3)4;7-11-6-3-1-5(2-4-6)8(9)10;/h4-11H,1-3H3;5-8H,1-4H3;1-4H;1H4. The molecule has 0 aliphatic heterocycles. The van der Waals surface area contributed by atoms with Crippen molar-refractivity contribution in [2.75, 3.05) is 6.26 Å². The lowest BCUT2D eigenvalue weighted by Crippen LogP contribution is -2.36. The molecule has 49 heavy (non-hydrogen) atoms. The van der Waals surface area contributed by atoms with Gasteiger partial charge in [0.05, 0.1) is 17.9 Å². The van der Waals surface area contributed by atoms with Gasteiger partial charge in [-0.25, -0.2) is 0 Å². The van der Waals surface area contributed by atoms with Crippen LogP contribution in [0.25, 0.3) is 10.1 Å². The lowest BCUT2D eigenvalue weighted by molar-refractivity contribution is -0.385. The molecule has 0 atom stereocenters. The van der Waals surface area contributed by atoms with Gasteiger partial charge in [0.25, 0.3) is 11.4 Å². The highest BCUT2D eigenvalue weighted by atomic mass is 35.7. The van der Waals surface area contributed by atoms with Crippen LogP contribution in [-0.4, -0.2) is 32.3 Å². The molecule has 1 heterocycles. The molecule has 0 spiro atoms. The summed E-state index contributed by atoms with van der Waals surface area (Å²) in [4.78, 5) is 24.6. The molecule has 0 saturated heterocycles. The van der Waals surface area contributed by atoms with Gasteiger partial charge in [0.2, 0.25) is 0 Å². The molecule has 0 bridgehead atoms. The number of nitrogens with zero attached hydrogens (tertiary/aromatic N) is 2. The highest BCUT2D eigenvalue weighted by molar-refractivity contribution is 8.21. The van der Waals surface area contributed by atoms with Crippen LogP contribution in [0.4, 0.5) is 11.4 Å². The van der Waals surface area contributed by atoms with Crippen LogP contribution in [0, 0.1) is 31.7 Å². The summed E-state index contributed by atoms with van der Waals surface area (Å²) in [5, 5.41) is 22.3. The number of thioether (sulfide) groups is 1. The third-order valence-electron chi connectivity index (χ3n) is 6.31. The first-order valence-corrected chi connectivity index (χ1v) is 26.3. The Hall–Kier alpha value is -3.03. The number of non-ortho nitro benzene ring substituents is 2. The molecular formula is C36H41ClN2O4S4Si2. The van der Waals surface area contributed by atoms with E-state index in [1.807, 2.05) is 29.5 Å². The Morgan fingerprint density at radius 3 is 1.73 bits per heavy atom. The zero-order valence-corrected chi connectivity index (χ0v) is 33.8. The fourth-order valence-electron chi connectivity index (χ4n) is 3.99. The molecule has 0 saturated carbocycles. The van der Waals surface area contributed by atoms with Crippen LogP contribution in [0.15, 0.2) is 117 Å². The molecule has 0 unspecified atom stereocenters. The van der Waals surface area contributed by atoms with E-state index >= 15 is 0 Å². The van der Waals surface area contributed by atoms with Gasteiger partial charge in [-0.05, 0) is 70.4 Å². The Labute approximate surface area is 313 Å². The molecule has 0 aliphatic rings. The van der Waals surface area contributed by atoms with Crippen molar-refractivity contribution >= 4 is 98.6 Å². The topological polar surface area (TPSA) is 86.3 Å². The Morgan fingerprint density at radius 2 is 1.24 bits per heavy atom. The summed E-state index contributed by atoms with van der Waals surface area (Å²) in [6.07, 6.45) is 2.09. The summed E-state index contributed by atoms with van der Waals surface area (Å²) in [7, 11) is 3.74. The van der Waals surface area contributed by atoms with Gasteiger partial charge in [0.1, 0.15) is 8.07 Å². The maximum absolute atomic E-state index is 10.8. The minimum Gasteiger partial charge on any atom is -0.258 e. The summed E-state index contributed by atoms with van der Waals surface area (Å²) >= 11 is 5.37. The van der Waals surface area contributed by atoms with E-state index < -0.39 is 21.1 Å². The fraction of sp³-hybridized carbons (Fsp3) is 0.222. The lowest BCUT2D eigenvalue weighted by atomic mass is 10.2. The second-order valence-electron chi connectivity index (χ2n) is 12.4. The number of hydrogen-bond acceptors (Lipinski definition) is 8. The zero-order valence-electron chi connectivity index (χ0n) is 27.8. The number of halogens is 1. The highest BCUT2D eigenvalue weighted by Gasteiger charge is 2.25. The Bertz CT molecular complexity index is 1910. The molecule has 0 amide bonds. The van der Waals surface area contributed by atoms with Crippen molar-refractivity contribution in [3.63, 3.8) is 0 Å². The second-order valence-corrected chi connectivity index (χ2v) is 26.6. The van der Waals surface area contributed by atoms with E-state index in [1.165, 1.54) is 42.1 Å². The summed E-state index contributed by atoms with van der Waals surface area (Å²) in [5.41, 5.74) is 4.77. The Kier molecular flexibility index (Phi) is 16.7. The van der Waals surface area contributed by atoms with Crippen molar-refractivity contribution in [3.05, 3.63) is 123 Å². The smallest absolute Gasteiger partial charge is 0.258 e. The van der Waals surface area contributed by atoms with Crippen molar-refractivity contribution < 1.29 is 9.85 Å². The SMILES string of the molecule is C.CSc1ccccc1C#C[Si](C)(C)C.C[Si](C)(C)c1sc2ccccc2c1Sc1ccc([N+](=O)[O-])cc1.O=[N+]([O-])c1ccc(SCl)cc1. The van der Waals surface area contributed by atoms with Gasteiger partial charge in [0, 0.05) is 64.0 Å². The number of benzene rings is 4. The zero-order chi connectivity index (χ0) is 35.5. The summed E-state index contributed by atoms with van der Waals surface area (Å²) in [6, 6.07) is 29.7. The quantitative estimate of drug-likeness (QED) is 0.0534. The van der Waals surface area contributed by atoms with Gasteiger partial charge in [-0.3, -0.25) is 20.2 Å². The van der Waals surface area contributed by atoms with Crippen LogP contribution in [-0.2, 0) is 0 Å². The number of thiophene rings is 1. The van der Waals surface area contributed by atoms with Crippen LogP contribution >= 0.6 is 56.5 Å². The van der Waals surface area contributed by atoms with E-state index in [0.717, 1.165) is 20.8 Å². The number of hydrogen-bond donors (Lipinski definition) is 0. The summed E-state index contributed by atoms with van der Waals surface area (Å²) < 4.78 is 2.80. The van der Waals surface area contributed by atoms with Crippen LogP contribution in [0.3, 0.4) is 0 Å². The lowest BCUT2D eigenvalue weighted by Gasteiger charge is -2.16. The molecule has 258 valence electrons. The first-order valence-electron chi connectivity index (χ1n) is 14.8. The average Bonchev–Trinajstić information content (AvgIpc) is 3.43. The Morgan fingerprint density at radius 1 is 0.735 bits per heavy atom. The van der Waals surface area contributed by atoms with Gasteiger partial charge in [-0.15, -0.1) is 28.6 Å². The van der Waals surface area contributed by atoms with E-state index in [9.17, 15) is 20.2 Å². The molecule has 1 aromatic heterocycles. The molecule has 6 nitrogen and oxygen atoms in total. The van der Waals surface area contributed by atoms with Crippen LogP contribution in [0.1, 0.15) is 13.0 Å². The molecular weight excluding hydrogens is 744 g/mol. The third kappa shape index (κ3) is 13.3. The molecule has 5 aromatic rings. The minimum absolute atomic E-state index is 0. The van der Waals surface area contributed by atoms with Gasteiger partial charge in [-0.1, -0.05) is 94.7 Å². The van der Waals surface area contributed by atoms with Gasteiger partial charge in [0.15, 0.2) is 0 Å². The molecule has 0 N–H and O–H groups in total. The number of nitro benzene ring substituents is 2. The maximum Gasteiger partial charge on any atom is 0.269 e. The Balaban J connectivity index is 0.000000275. The van der Waals surface area contributed by atoms with Crippen LogP contribution in [0.2, 0.25) is 39.3 Å². The average molecular weight is 786 g/mol. The first-order chi connectivity index (χ1) is 22.6. The summed E-state index contributed by atoms with van der Waals surface area (Å²) in [6.45, 7) is 13.9. The van der Waals surface area contributed by atoms with Crippen LogP contribution < -0.4 is 4.50 Å². The largest absolute Gasteiger partial charge is 0.269 e. The maximum atomic E-state index is 10.8. The van der Waals surface area contributed by atoms with E-state index in [1.54, 1.807) is 47.8 Å². The van der Waals surface area contributed by atoms with E-state index in [-0.39, 0.29) is 23.7 Å². The molecule has 5 rings (SSSR count). The molecule has 0 fully saturated rings. The molecule has 4 aromatic carbocycles. The monoisotopic (exact) mass is 784 g/mol. The van der Waals surface area contributed by atoms with Gasteiger partial charge in [-0.2, -0.15) is 0 Å². The summed E-state index contributed by atoms with van der Waals surface area (Å²) in [5.74, 6) is 3.30. The van der Waals surface area contributed by atoms with Crippen molar-refractivity contribution in [2.24, 2.45) is 0 Å². The number of fused-ring (bicyclic) bond motifs is 1. The van der Waals surface area contributed by atoms with E-state index in [4.69, 9.17) is 10.7 Å². The minimum atomic E-state index is -1.45. The normalized spacial score (nSPS) is 10.7. The predicted octanol–water partition coefficient (Wildman–Crippen LogP) is 12.6. The first kappa shape index (κ1) is 42.1. The van der Waals surface area contributed by atoms with Crippen molar-refractivity contribution in [2.45, 2.75) is 66.3 Å². The predicted molar refractivity (Wildman–Crippen MR) is 222 cm³/mol. The van der Waals surface area contributed by atoms with E-state index in [2.05, 4.69) is 99.5 Å². The van der Waals surface area contributed by atoms with Crippen molar-refractivity contribution in [3.8, 4) is 11.5 Å². The molecule has 0 radical (unpaired) electrons. The van der Waals surface area contributed by atoms with E-state index in [0.29, 0.717) is 0 Å². The highest BCUT2D eigenvalue weighted by Crippen LogP contribution is 2.38. The van der Waals surface area contributed by atoms with Gasteiger partial charge < -0.3 is 0 Å². The van der Waals surface area contributed by atoms with Crippen molar-refractivity contribution in [1.29, 1.82) is 0 Å². The molecule has 0 aliphatic carbocycles.